The minimum absolute atomic E-state index is 0.119. The Morgan fingerprint density at radius 1 is 1.05 bits per heavy atom. The molecule has 2 aromatic carbocycles. The number of ether oxygens (including phenoxy) is 2. The Bertz CT molecular complexity index is 693. The van der Waals surface area contributed by atoms with Crippen LogP contribution in [0.5, 0.6) is 5.75 Å². The Balaban J connectivity index is 1.70. The lowest BCUT2D eigenvalue weighted by molar-refractivity contribution is -0.0421. The molecule has 0 radical (unpaired) electrons. The molecule has 0 saturated carbocycles. The van der Waals surface area contributed by atoms with Crippen LogP contribution in [0.2, 0.25) is 0 Å². The van der Waals surface area contributed by atoms with E-state index in [2.05, 4.69) is 66.2 Å². The van der Waals surface area contributed by atoms with Gasteiger partial charge in [0.2, 0.25) is 0 Å². The smallest absolute Gasteiger partial charge is 0.125 e. The fraction of sp³-hybridized carbons (Fsp3) is 0.368. The highest BCUT2D eigenvalue weighted by molar-refractivity contribution is 9.10. The van der Waals surface area contributed by atoms with E-state index in [1.54, 1.807) is 0 Å². The van der Waals surface area contributed by atoms with Crippen molar-refractivity contribution in [3.8, 4) is 5.75 Å². The van der Waals surface area contributed by atoms with E-state index < -0.39 is 0 Å². The van der Waals surface area contributed by atoms with Crippen LogP contribution < -0.4 is 4.74 Å². The maximum Gasteiger partial charge on any atom is 0.125 e. The molecule has 0 N–H and O–H groups in total. The monoisotopic (exact) mass is 358 g/mol. The fourth-order valence-corrected chi connectivity index (χ4v) is 3.94. The molecule has 2 aromatic rings. The maximum absolute atomic E-state index is 6.46. The first-order valence-electron chi connectivity index (χ1n) is 7.73. The topological polar surface area (TPSA) is 18.5 Å². The molecule has 0 amide bonds. The number of hydrogen-bond donors (Lipinski definition) is 0. The van der Waals surface area contributed by atoms with Gasteiger partial charge in [-0.2, -0.15) is 0 Å². The van der Waals surface area contributed by atoms with Crippen molar-refractivity contribution in [1.29, 1.82) is 0 Å². The number of halogens is 1. The standard InChI is InChI=1S/C19H19BrO2/c1-19(2)15-11-17(12-7-9-13(20)10-8-12)21-18(15)14-5-3-4-6-16(14)22-19/h3-10,15,17-18H,11H2,1-2H3/t15-,17+,18+/m0/s1. The highest BCUT2D eigenvalue weighted by atomic mass is 79.9. The van der Waals surface area contributed by atoms with E-state index in [9.17, 15) is 0 Å². The molecule has 2 aliphatic heterocycles. The minimum atomic E-state index is -0.205. The van der Waals surface area contributed by atoms with Gasteiger partial charge >= 0.3 is 0 Å². The Labute approximate surface area is 139 Å². The number of benzene rings is 2. The van der Waals surface area contributed by atoms with Gasteiger partial charge in [0, 0.05) is 16.0 Å². The lowest BCUT2D eigenvalue weighted by Crippen LogP contribution is -2.42. The van der Waals surface area contributed by atoms with E-state index in [1.165, 1.54) is 11.1 Å². The summed E-state index contributed by atoms with van der Waals surface area (Å²) in [6, 6.07) is 16.7. The van der Waals surface area contributed by atoms with Gasteiger partial charge in [-0.3, -0.25) is 0 Å². The van der Waals surface area contributed by atoms with Crippen LogP contribution in [0.4, 0.5) is 0 Å². The molecule has 2 heterocycles. The zero-order chi connectivity index (χ0) is 15.3. The van der Waals surface area contributed by atoms with E-state index in [4.69, 9.17) is 9.47 Å². The van der Waals surface area contributed by atoms with Gasteiger partial charge in [0.05, 0.1) is 12.2 Å². The Morgan fingerprint density at radius 2 is 1.77 bits per heavy atom. The first-order chi connectivity index (χ1) is 10.5. The number of hydrogen-bond acceptors (Lipinski definition) is 2. The van der Waals surface area contributed by atoms with Crippen molar-refractivity contribution in [2.45, 2.75) is 38.1 Å². The Hall–Kier alpha value is -1.32. The Kier molecular flexibility index (Phi) is 3.31. The van der Waals surface area contributed by atoms with Gasteiger partial charge in [0.15, 0.2) is 0 Å². The van der Waals surface area contributed by atoms with Crippen molar-refractivity contribution < 1.29 is 9.47 Å². The van der Waals surface area contributed by atoms with E-state index in [-0.39, 0.29) is 17.8 Å². The van der Waals surface area contributed by atoms with Crippen LogP contribution in [-0.4, -0.2) is 5.60 Å². The zero-order valence-electron chi connectivity index (χ0n) is 12.8. The summed E-state index contributed by atoms with van der Waals surface area (Å²) in [7, 11) is 0. The third-order valence-corrected chi connectivity index (χ3v) is 5.41. The lowest BCUT2D eigenvalue weighted by Gasteiger charge is -2.40. The average Bonchev–Trinajstić information content (AvgIpc) is 2.94. The summed E-state index contributed by atoms with van der Waals surface area (Å²) in [4.78, 5) is 0. The van der Waals surface area contributed by atoms with Crippen LogP contribution in [0.1, 0.15) is 43.6 Å². The van der Waals surface area contributed by atoms with Crippen molar-refractivity contribution in [3.63, 3.8) is 0 Å². The molecule has 4 rings (SSSR count). The highest BCUT2D eigenvalue weighted by Gasteiger charge is 2.50. The summed E-state index contributed by atoms with van der Waals surface area (Å²) < 4.78 is 13.8. The van der Waals surface area contributed by atoms with Crippen LogP contribution in [0.3, 0.4) is 0 Å². The molecule has 0 spiro atoms. The SMILES string of the molecule is CC1(C)Oc2ccccc2[C@H]2O[C@@H](c3ccc(Br)cc3)C[C@@H]21. The van der Waals surface area contributed by atoms with Gasteiger partial charge in [0.25, 0.3) is 0 Å². The molecule has 114 valence electrons. The zero-order valence-corrected chi connectivity index (χ0v) is 14.3. The minimum Gasteiger partial charge on any atom is -0.487 e. The molecule has 2 nitrogen and oxygen atoms in total. The van der Waals surface area contributed by atoms with E-state index in [0.29, 0.717) is 5.92 Å². The molecule has 0 aliphatic carbocycles. The second-order valence-corrected chi connectivity index (χ2v) is 7.60. The van der Waals surface area contributed by atoms with Crippen molar-refractivity contribution in [2.75, 3.05) is 0 Å². The van der Waals surface area contributed by atoms with Crippen molar-refractivity contribution in [2.24, 2.45) is 5.92 Å². The predicted molar refractivity (Wildman–Crippen MR) is 90.0 cm³/mol. The molecular weight excluding hydrogens is 340 g/mol. The molecule has 1 fully saturated rings. The number of rotatable bonds is 1. The summed E-state index contributed by atoms with van der Waals surface area (Å²) in [6.07, 6.45) is 1.25. The summed E-state index contributed by atoms with van der Waals surface area (Å²) >= 11 is 3.49. The van der Waals surface area contributed by atoms with Crippen LogP contribution >= 0.6 is 15.9 Å². The van der Waals surface area contributed by atoms with Gasteiger partial charge < -0.3 is 9.47 Å². The average molecular weight is 359 g/mol. The summed E-state index contributed by atoms with van der Waals surface area (Å²) in [6.45, 7) is 4.35. The molecule has 0 bridgehead atoms. The second kappa shape index (κ2) is 5.10. The van der Waals surface area contributed by atoms with E-state index >= 15 is 0 Å². The van der Waals surface area contributed by atoms with Gasteiger partial charge in [-0.1, -0.05) is 46.3 Å². The molecule has 0 unspecified atom stereocenters. The van der Waals surface area contributed by atoms with Crippen molar-refractivity contribution in [1.82, 2.24) is 0 Å². The van der Waals surface area contributed by atoms with Crippen LogP contribution in [0.25, 0.3) is 0 Å². The third kappa shape index (κ3) is 2.27. The van der Waals surface area contributed by atoms with E-state index in [1.807, 2.05) is 12.1 Å². The van der Waals surface area contributed by atoms with Gasteiger partial charge in [0.1, 0.15) is 11.4 Å². The lowest BCUT2D eigenvalue weighted by atomic mass is 9.78. The molecule has 3 atom stereocenters. The van der Waals surface area contributed by atoms with Crippen LogP contribution in [-0.2, 0) is 4.74 Å². The van der Waals surface area contributed by atoms with Gasteiger partial charge in [-0.15, -0.1) is 0 Å². The van der Waals surface area contributed by atoms with Gasteiger partial charge in [-0.05, 0) is 44.0 Å². The third-order valence-electron chi connectivity index (χ3n) is 4.88. The largest absolute Gasteiger partial charge is 0.487 e. The molecule has 22 heavy (non-hydrogen) atoms. The van der Waals surface area contributed by atoms with Crippen LogP contribution in [0.15, 0.2) is 53.0 Å². The fourth-order valence-electron chi connectivity index (χ4n) is 3.68. The molecule has 2 aliphatic rings. The summed E-state index contributed by atoms with van der Waals surface area (Å²) in [5.41, 5.74) is 2.22. The van der Waals surface area contributed by atoms with E-state index in [0.717, 1.165) is 16.6 Å². The molecule has 1 saturated heterocycles. The Morgan fingerprint density at radius 3 is 2.55 bits per heavy atom. The second-order valence-electron chi connectivity index (χ2n) is 6.68. The van der Waals surface area contributed by atoms with Crippen molar-refractivity contribution in [3.05, 3.63) is 64.1 Å². The first-order valence-corrected chi connectivity index (χ1v) is 8.53. The molecule has 0 aromatic heterocycles. The van der Waals surface area contributed by atoms with Crippen molar-refractivity contribution >= 4 is 15.9 Å². The maximum atomic E-state index is 6.46. The van der Waals surface area contributed by atoms with Crippen LogP contribution in [0, 0.1) is 5.92 Å². The number of fused-ring (bicyclic) bond motifs is 3. The highest BCUT2D eigenvalue weighted by Crippen LogP contribution is 2.55. The molecular formula is C19H19BrO2. The molecule has 3 heteroatoms. The number of para-hydroxylation sites is 1. The normalized spacial score (nSPS) is 28.6. The first kappa shape index (κ1) is 14.3. The quantitative estimate of drug-likeness (QED) is 0.675. The predicted octanol–water partition coefficient (Wildman–Crippen LogP) is 5.44. The summed E-state index contributed by atoms with van der Waals surface area (Å²) in [5, 5.41) is 0. The summed E-state index contributed by atoms with van der Waals surface area (Å²) in [5.74, 6) is 1.33. The van der Waals surface area contributed by atoms with Gasteiger partial charge in [-0.25, -0.2) is 0 Å².